The van der Waals surface area contributed by atoms with E-state index in [0.29, 0.717) is 22.4 Å². The zero-order valence-electron chi connectivity index (χ0n) is 21.3. The second-order valence-corrected chi connectivity index (χ2v) is 10.9. The number of benzene rings is 3. The minimum absolute atomic E-state index is 0.0378. The van der Waals surface area contributed by atoms with Gasteiger partial charge in [-0.15, -0.1) is 0 Å². The van der Waals surface area contributed by atoms with Crippen LogP contribution in [0.3, 0.4) is 0 Å². The van der Waals surface area contributed by atoms with Gasteiger partial charge in [-0.1, -0.05) is 76.2 Å². The topological polar surface area (TPSA) is 49.4 Å². The Hall–Kier alpha value is -3.24. The van der Waals surface area contributed by atoms with Gasteiger partial charge >= 0.3 is 0 Å². The van der Waals surface area contributed by atoms with Crippen LogP contribution in [0.1, 0.15) is 77.9 Å². The summed E-state index contributed by atoms with van der Waals surface area (Å²) in [6.07, 6.45) is 2.57. The third kappa shape index (κ3) is 6.46. The lowest BCUT2D eigenvalue weighted by Crippen LogP contribution is -2.33. The molecule has 0 saturated carbocycles. The summed E-state index contributed by atoms with van der Waals surface area (Å²) in [7, 11) is 0. The third-order valence-corrected chi connectivity index (χ3v) is 6.76. The van der Waals surface area contributed by atoms with Crippen LogP contribution < -0.4 is 5.32 Å². The Morgan fingerprint density at radius 1 is 0.914 bits per heavy atom. The molecule has 4 nitrogen and oxygen atoms in total. The molecule has 4 heteroatoms. The molecule has 1 atom stereocenters. The van der Waals surface area contributed by atoms with E-state index in [1.54, 1.807) is 18.2 Å². The summed E-state index contributed by atoms with van der Waals surface area (Å²) in [4.78, 5) is 28.3. The predicted molar refractivity (Wildman–Crippen MR) is 143 cm³/mol. The SMILES string of the molecule is CC1CCCN(Cc2ccc(C(=O)Nc3cccc(C(=O)c4ccc(C(C)(C)C)cc4)c3)cc2)C1. The van der Waals surface area contributed by atoms with E-state index in [4.69, 9.17) is 0 Å². The first kappa shape index (κ1) is 24.9. The molecule has 3 aromatic carbocycles. The molecule has 1 heterocycles. The Morgan fingerprint density at radius 2 is 1.60 bits per heavy atom. The standard InChI is InChI=1S/C31H36N2O2/c1-22-7-6-18-33(20-22)21-23-10-12-25(13-11-23)30(35)32-28-9-5-8-26(19-28)29(34)24-14-16-27(17-15-24)31(2,3)4/h5,8-17,19,22H,6-7,18,20-21H2,1-4H3,(H,32,35). The van der Waals surface area contributed by atoms with Crippen molar-refractivity contribution in [3.63, 3.8) is 0 Å². The first-order valence-corrected chi connectivity index (χ1v) is 12.6. The number of nitrogens with zero attached hydrogens (tertiary/aromatic N) is 1. The van der Waals surface area contributed by atoms with Gasteiger partial charge in [0.25, 0.3) is 5.91 Å². The smallest absolute Gasteiger partial charge is 0.255 e. The fraction of sp³-hybridized carbons (Fsp3) is 0.355. The Labute approximate surface area is 209 Å². The molecular formula is C31H36N2O2. The fourth-order valence-electron chi connectivity index (χ4n) is 4.68. The van der Waals surface area contributed by atoms with Gasteiger partial charge in [0.05, 0.1) is 0 Å². The number of piperidine rings is 1. The third-order valence-electron chi connectivity index (χ3n) is 6.76. The summed E-state index contributed by atoms with van der Waals surface area (Å²) in [5.41, 5.74) is 4.86. The molecule has 4 rings (SSSR count). The van der Waals surface area contributed by atoms with E-state index in [1.807, 2.05) is 54.6 Å². The zero-order valence-corrected chi connectivity index (χ0v) is 21.3. The lowest BCUT2D eigenvalue weighted by atomic mass is 9.86. The van der Waals surface area contributed by atoms with Gasteiger partial charge in [0.2, 0.25) is 0 Å². The molecule has 0 radical (unpaired) electrons. The van der Waals surface area contributed by atoms with Gasteiger partial charge in [-0.2, -0.15) is 0 Å². The van der Waals surface area contributed by atoms with E-state index < -0.39 is 0 Å². The first-order chi connectivity index (χ1) is 16.7. The summed E-state index contributed by atoms with van der Waals surface area (Å²) in [5, 5.41) is 2.94. The van der Waals surface area contributed by atoms with Crippen LogP contribution in [0.5, 0.6) is 0 Å². The number of rotatable bonds is 6. The Balaban J connectivity index is 1.40. The number of anilines is 1. The van der Waals surface area contributed by atoms with E-state index >= 15 is 0 Å². The molecule has 1 unspecified atom stereocenters. The average molecular weight is 469 g/mol. The number of hydrogen-bond donors (Lipinski definition) is 1. The normalized spacial score (nSPS) is 16.6. The Morgan fingerprint density at radius 3 is 2.26 bits per heavy atom. The molecule has 0 spiro atoms. The van der Waals surface area contributed by atoms with Gasteiger partial charge in [-0.3, -0.25) is 14.5 Å². The van der Waals surface area contributed by atoms with E-state index in [9.17, 15) is 9.59 Å². The largest absolute Gasteiger partial charge is 0.322 e. The van der Waals surface area contributed by atoms with E-state index in [0.717, 1.165) is 25.6 Å². The van der Waals surface area contributed by atoms with Crippen LogP contribution in [0.25, 0.3) is 0 Å². The van der Waals surface area contributed by atoms with Crippen LogP contribution in [0.4, 0.5) is 5.69 Å². The second kappa shape index (κ2) is 10.6. The van der Waals surface area contributed by atoms with Crippen molar-refractivity contribution in [1.29, 1.82) is 0 Å². The van der Waals surface area contributed by atoms with E-state index in [-0.39, 0.29) is 17.1 Å². The molecular weight excluding hydrogens is 432 g/mol. The number of carbonyl (C=O) groups excluding carboxylic acids is 2. The average Bonchev–Trinajstić information content (AvgIpc) is 2.84. The lowest BCUT2D eigenvalue weighted by Gasteiger charge is -2.30. The molecule has 182 valence electrons. The number of amides is 1. The van der Waals surface area contributed by atoms with Crippen LogP contribution >= 0.6 is 0 Å². The first-order valence-electron chi connectivity index (χ1n) is 12.6. The predicted octanol–water partition coefficient (Wildman–Crippen LogP) is 6.70. The summed E-state index contributed by atoms with van der Waals surface area (Å²) < 4.78 is 0. The van der Waals surface area contributed by atoms with Crippen molar-refractivity contribution >= 4 is 17.4 Å². The van der Waals surface area contributed by atoms with Gasteiger partial charge in [0.15, 0.2) is 5.78 Å². The molecule has 3 aromatic rings. The molecule has 0 aromatic heterocycles. The highest BCUT2D eigenvalue weighted by atomic mass is 16.1. The molecule has 0 aliphatic carbocycles. The Bertz CT molecular complexity index is 1170. The molecule has 1 amide bonds. The number of carbonyl (C=O) groups is 2. The second-order valence-electron chi connectivity index (χ2n) is 10.9. The van der Waals surface area contributed by atoms with Crippen molar-refractivity contribution in [3.8, 4) is 0 Å². The van der Waals surface area contributed by atoms with Gasteiger partial charge in [-0.25, -0.2) is 0 Å². The van der Waals surface area contributed by atoms with E-state index in [1.165, 1.54) is 24.0 Å². The molecule has 1 N–H and O–H groups in total. The number of ketones is 1. The van der Waals surface area contributed by atoms with Crippen LogP contribution in [0.2, 0.25) is 0 Å². The van der Waals surface area contributed by atoms with Crippen LogP contribution in [-0.2, 0) is 12.0 Å². The monoisotopic (exact) mass is 468 g/mol. The zero-order chi connectivity index (χ0) is 25.0. The lowest BCUT2D eigenvalue weighted by molar-refractivity contribution is 0.102. The van der Waals surface area contributed by atoms with Crippen molar-refractivity contribution in [3.05, 3.63) is 101 Å². The van der Waals surface area contributed by atoms with Crippen LogP contribution in [-0.4, -0.2) is 29.7 Å². The van der Waals surface area contributed by atoms with Crippen molar-refractivity contribution in [2.75, 3.05) is 18.4 Å². The summed E-state index contributed by atoms with van der Waals surface area (Å²) in [6.45, 7) is 12.0. The molecule has 1 fully saturated rings. The van der Waals surface area contributed by atoms with Crippen molar-refractivity contribution in [2.45, 2.75) is 52.5 Å². The maximum Gasteiger partial charge on any atom is 0.255 e. The summed E-state index contributed by atoms with van der Waals surface area (Å²) in [6, 6.07) is 22.7. The number of nitrogens with one attached hydrogen (secondary N) is 1. The quantitative estimate of drug-likeness (QED) is 0.410. The van der Waals surface area contributed by atoms with Gasteiger partial charge in [0.1, 0.15) is 0 Å². The van der Waals surface area contributed by atoms with Crippen molar-refractivity contribution in [2.24, 2.45) is 5.92 Å². The highest BCUT2D eigenvalue weighted by Crippen LogP contribution is 2.24. The van der Waals surface area contributed by atoms with E-state index in [2.05, 4.69) is 37.9 Å². The molecule has 0 bridgehead atoms. The highest BCUT2D eigenvalue weighted by Gasteiger charge is 2.17. The van der Waals surface area contributed by atoms with Gasteiger partial charge in [-0.05, 0) is 66.1 Å². The molecule has 1 saturated heterocycles. The molecule has 1 aliphatic rings. The maximum absolute atomic E-state index is 13.0. The van der Waals surface area contributed by atoms with Crippen LogP contribution in [0.15, 0.2) is 72.8 Å². The molecule has 1 aliphatic heterocycles. The number of hydrogen-bond acceptors (Lipinski definition) is 3. The maximum atomic E-state index is 13.0. The summed E-state index contributed by atoms with van der Waals surface area (Å²) in [5.74, 6) is 0.513. The number of likely N-dealkylation sites (tertiary alicyclic amines) is 1. The highest BCUT2D eigenvalue weighted by molar-refractivity contribution is 6.10. The molecule has 35 heavy (non-hydrogen) atoms. The minimum Gasteiger partial charge on any atom is -0.322 e. The van der Waals surface area contributed by atoms with Crippen molar-refractivity contribution < 1.29 is 9.59 Å². The van der Waals surface area contributed by atoms with Crippen molar-refractivity contribution in [1.82, 2.24) is 4.90 Å². The van der Waals surface area contributed by atoms with Crippen LogP contribution in [0, 0.1) is 5.92 Å². The van der Waals surface area contributed by atoms with Gasteiger partial charge in [0, 0.05) is 35.5 Å². The fourth-order valence-corrected chi connectivity index (χ4v) is 4.68. The van der Waals surface area contributed by atoms with Gasteiger partial charge < -0.3 is 5.32 Å². The Kier molecular flexibility index (Phi) is 7.51. The summed E-state index contributed by atoms with van der Waals surface area (Å²) >= 11 is 0. The minimum atomic E-state index is -0.178.